The summed E-state index contributed by atoms with van der Waals surface area (Å²) < 4.78 is 5.73. The molecule has 0 spiro atoms. The predicted molar refractivity (Wildman–Crippen MR) is 102 cm³/mol. The second kappa shape index (κ2) is 7.38. The van der Waals surface area contributed by atoms with Crippen LogP contribution in [0.2, 0.25) is 5.02 Å². The third-order valence-corrected chi connectivity index (χ3v) is 4.71. The second-order valence-electron chi connectivity index (χ2n) is 6.39. The van der Waals surface area contributed by atoms with Crippen LogP contribution in [0.4, 0.5) is 5.69 Å². The maximum atomic E-state index is 12.9. The number of hydrogen-bond acceptors (Lipinski definition) is 3. The van der Waals surface area contributed by atoms with E-state index in [1.807, 2.05) is 26.0 Å². The van der Waals surface area contributed by atoms with Gasteiger partial charge in [-0.2, -0.15) is 0 Å². The number of aryl methyl sites for hydroxylation is 2. The number of rotatable bonds is 5. The molecule has 1 heterocycles. The van der Waals surface area contributed by atoms with E-state index >= 15 is 0 Å². The van der Waals surface area contributed by atoms with Gasteiger partial charge >= 0.3 is 0 Å². The minimum absolute atomic E-state index is 0.132. The molecule has 0 aromatic heterocycles. The zero-order valence-electron chi connectivity index (χ0n) is 15.0. The van der Waals surface area contributed by atoms with E-state index in [0.717, 1.165) is 22.4 Å². The lowest BCUT2D eigenvalue weighted by atomic mass is 9.99. The van der Waals surface area contributed by atoms with Gasteiger partial charge in [0.15, 0.2) is 0 Å². The zero-order valence-corrected chi connectivity index (χ0v) is 15.8. The molecule has 0 saturated heterocycles. The maximum absolute atomic E-state index is 12.9. The summed E-state index contributed by atoms with van der Waals surface area (Å²) >= 11 is 5.87. The number of carbonyl (C=O) groups is 2. The van der Waals surface area contributed by atoms with E-state index in [-0.39, 0.29) is 11.8 Å². The smallest absolute Gasteiger partial charge is 0.254 e. The summed E-state index contributed by atoms with van der Waals surface area (Å²) in [6.45, 7) is 6.08. The zero-order chi connectivity index (χ0) is 18.8. The monoisotopic (exact) mass is 372 g/mol. The third kappa shape index (κ3) is 3.53. The Morgan fingerprint density at radius 1 is 1.15 bits per heavy atom. The summed E-state index contributed by atoms with van der Waals surface area (Å²) in [4.78, 5) is 26.2. The largest absolute Gasteiger partial charge is 0.492 e. The van der Waals surface area contributed by atoms with Gasteiger partial charge in [0, 0.05) is 17.5 Å². The lowest BCUT2D eigenvalue weighted by Crippen LogP contribution is -2.38. The number of nitrogens with one attached hydrogen (secondary N) is 1. The molecule has 0 radical (unpaired) electrons. The van der Waals surface area contributed by atoms with E-state index in [1.165, 1.54) is 6.92 Å². The van der Waals surface area contributed by atoms with Crippen LogP contribution in [0.15, 0.2) is 36.4 Å². The van der Waals surface area contributed by atoms with Crippen LogP contribution in [-0.4, -0.2) is 25.0 Å². The van der Waals surface area contributed by atoms with Crippen LogP contribution < -0.4 is 15.0 Å². The van der Waals surface area contributed by atoms with E-state index < -0.39 is 6.04 Å². The van der Waals surface area contributed by atoms with Crippen molar-refractivity contribution in [1.29, 1.82) is 0 Å². The molecule has 0 bridgehead atoms. The first-order valence-corrected chi connectivity index (χ1v) is 8.83. The number of benzene rings is 2. The van der Waals surface area contributed by atoms with Crippen molar-refractivity contribution in [2.45, 2.75) is 26.8 Å². The average Bonchev–Trinajstić information content (AvgIpc) is 2.86. The molecule has 0 aliphatic carbocycles. The summed E-state index contributed by atoms with van der Waals surface area (Å²) in [5.74, 6) is 0.336. The van der Waals surface area contributed by atoms with Gasteiger partial charge in [0.1, 0.15) is 18.4 Å². The molecular formula is C20H21ClN2O3. The average molecular weight is 373 g/mol. The number of nitrogens with zero attached hydrogens (tertiary/aromatic N) is 1. The molecule has 5 nitrogen and oxygen atoms in total. The minimum atomic E-state index is -0.641. The number of anilines is 1. The number of ether oxygens (including phenoxy) is 1. The first-order valence-electron chi connectivity index (χ1n) is 8.45. The van der Waals surface area contributed by atoms with Crippen molar-refractivity contribution in [3.8, 4) is 5.75 Å². The fourth-order valence-electron chi connectivity index (χ4n) is 3.27. The summed E-state index contributed by atoms with van der Waals surface area (Å²) in [6.07, 6.45) is 0. The first kappa shape index (κ1) is 18.3. The highest BCUT2D eigenvalue weighted by atomic mass is 35.5. The van der Waals surface area contributed by atoms with E-state index in [9.17, 15) is 9.59 Å². The number of halogens is 1. The molecule has 1 N–H and O–H groups in total. The number of amides is 2. The molecule has 1 aliphatic rings. The molecule has 0 fully saturated rings. The Morgan fingerprint density at radius 2 is 1.81 bits per heavy atom. The van der Waals surface area contributed by atoms with Gasteiger partial charge in [-0.25, -0.2) is 0 Å². The van der Waals surface area contributed by atoms with Crippen LogP contribution in [0.3, 0.4) is 0 Å². The molecule has 1 aliphatic heterocycles. The normalized spacial score (nSPS) is 15.8. The molecule has 2 amide bonds. The summed E-state index contributed by atoms with van der Waals surface area (Å²) in [5, 5.41) is 3.42. The van der Waals surface area contributed by atoms with Crippen molar-refractivity contribution in [2.24, 2.45) is 0 Å². The van der Waals surface area contributed by atoms with Crippen LogP contribution in [0.25, 0.3) is 0 Å². The Labute approximate surface area is 157 Å². The Balaban J connectivity index is 1.81. The summed E-state index contributed by atoms with van der Waals surface area (Å²) in [7, 11) is 0. The lowest BCUT2D eigenvalue weighted by Gasteiger charge is -2.20. The van der Waals surface area contributed by atoms with E-state index in [0.29, 0.717) is 23.9 Å². The minimum Gasteiger partial charge on any atom is -0.492 e. The van der Waals surface area contributed by atoms with Gasteiger partial charge in [-0.15, -0.1) is 0 Å². The van der Waals surface area contributed by atoms with Crippen molar-refractivity contribution in [3.63, 3.8) is 0 Å². The highest BCUT2D eigenvalue weighted by Gasteiger charge is 2.39. The van der Waals surface area contributed by atoms with Gasteiger partial charge in [0.2, 0.25) is 5.91 Å². The van der Waals surface area contributed by atoms with Crippen molar-refractivity contribution < 1.29 is 14.3 Å². The Morgan fingerprint density at radius 3 is 2.46 bits per heavy atom. The van der Waals surface area contributed by atoms with Crippen LogP contribution in [0, 0.1) is 13.8 Å². The van der Waals surface area contributed by atoms with E-state index in [1.54, 1.807) is 29.2 Å². The topological polar surface area (TPSA) is 58.6 Å². The van der Waals surface area contributed by atoms with Gasteiger partial charge in [-0.1, -0.05) is 23.7 Å². The molecule has 3 rings (SSSR count). The highest BCUT2D eigenvalue weighted by Crippen LogP contribution is 2.40. The van der Waals surface area contributed by atoms with Crippen molar-refractivity contribution in [3.05, 3.63) is 58.1 Å². The van der Waals surface area contributed by atoms with Gasteiger partial charge in [-0.3, -0.25) is 9.59 Å². The SMILES string of the molecule is CC(=O)NC1C(=O)N(CCOc2ccc(Cl)cc2)c2c(C)ccc(C)c21. The Kier molecular flexibility index (Phi) is 5.18. The number of carbonyl (C=O) groups excluding carboxylic acids is 2. The van der Waals surface area contributed by atoms with Crippen LogP contribution >= 0.6 is 11.6 Å². The summed E-state index contributed by atoms with van der Waals surface area (Å²) in [6, 6.07) is 10.4. The number of fused-ring (bicyclic) bond motifs is 1. The molecule has 2 aromatic carbocycles. The van der Waals surface area contributed by atoms with Crippen molar-refractivity contribution in [2.75, 3.05) is 18.1 Å². The Bertz CT molecular complexity index is 849. The molecular weight excluding hydrogens is 352 g/mol. The lowest BCUT2D eigenvalue weighted by molar-refractivity contribution is -0.126. The van der Waals surface area contributed by atoms with Crippen molar-refractivity contribution >= 4 is 29.1 Å². The molecule has 1 unspecified atom stereocenters. The van der Waals surface area contributed by atoms with Gasteiger partial charge in [0.05, 0.1) is 12.2 Å². The maximum Gasteiger partial charge on any atom is 0.254 e. The Hall–Kier alpha value is -2.53. The number of hydrogen-bond donors (Lipinski definition) is 1. The first-order chi connectivity index (χ1) is 12.4. The van der Waals surface area contributed by atoms with Gasteiger partial charge in [-0.05, 0) is 49.2 Å². The molecule has 26 heavy (non-hydrogen) atoms. The summed E-state index contributed by atoms with van der Waals surface area (Å²) in [5.41, 5.74) is 3.72. The van der Waals surface area contributed by atoms with Crippen molar-refractivity contribution in [1.82, 2.24) is 5.32 Å². The van der Waals surface area contributed by atoms with E-state index in [2.05, 4.69) is 5.32 Å². The van der Waals surface area contributed by atoms with Gasteiger partial charge < -0.3 is 15.0 Å². The highest BCUT2D eigenvalue weighted by molar-refractivity contribution is 6.30. The molecule has 0 saturated carbocycles. The molecule has 1 atom stereocenters. The fraction of sp³-hybridized carbons (Fsp3) is 0.300. The van der Waals surface area contributed by atoms with Crippen LogP contribution in [0.5, 0.6) is 5.75 Å². The fourth-order valence-corrected chi connectivity index (χ4v) is 3.40. The van der Waals surface area contributed by atoms with Crippen LogP contribution in [0.1, 0.15) is 29.7 Å². The molecule has 6 heteroatoms. The molecule has 2 aromatic rings. The van der Waals surface area contributed by atoms with Gasteiger partial charge in [0.25, 0.3) is 5.91 Å². The second-order valence-corrected chi connectivity index (χ2v) is 6.82. The predicted octanol–water partition coefficient (Wildman–Crippen LogP) is 3.56. The third-order valence-electron chi connectivity index (χ3n) is 4.45. The standard InChI is InChI=1S/C20H21ClN2O3/c1-12-4-5-13(2)19-17(12)18(22-14(3)24)20(25)23(19)10-11-26-16-8-6-15(21)7-9-16/h4-9,18H,10-11H2,1-3H3,(H,22,24). The molecule has 136 valence electrons. The quantitative estimate of drug-likeness (QED) is 0.873. The van der Waals surface area contributed by atoms with E-state index in [4.69, 9.17) is 16.3 Å². The van der Waals surface area contributed by atoms with Crippen LogP contribution in [-0.2, 0) is 9.59 Å².